The monoisotopic (exact) mass is 226 g/mol. The molecule has 2 heteroatoms. The highest BCUT2D eigenvalue weighted by Crippen LogP contribution is 2.30. The maximum atomic E-state index is 4.54. The Balaban J connectivity index is 2.04. The third kappa shape index (κ3) is 1.93. The van der Waals surface area contributed by atoms with E-state index in [0.29, 0.717) is 6.04 Å². The van der Waals surface area contributed by atoms with E-state index in [-0.39, 0.29) is 0 Å². The van der Waals surface area contributed by atoms with Crippen molar-refractivity contribution in [1.82, 2.24) is 10.3 Å². The van der Waals surface area contributed by atoms with Crippen molar-refractivity contribution in [3.63, 3.8) is 0 Å². The Hall–Kier alpha value is -1.41. The number of benzene rings is 1. The maximum Gasteiger partial charge on any atom is 0.0705 e. The van der Waals surface area contributed by atoms with Crippen LogP contribution in [0.25, 0.3) is 10.9 Å². The number of nitrogens with one attached hydrogen (secondary N) is 1. The van der Waals surface area contributed by atoms with Crippen LogP contribution in [-0.2, 0) is 0 Å². The summed E-state index contributed by atoms with van der Waals surface area (Å²) in [7, 11) is 0. The zero-order chi connectivity index (χ0) is 11.8. The summed E-state index contributed by atoms with van der Waals surface area (Å²) in [6.45, 7) is 5.49. The zero-order valence-electron chi connectivity index (χ0n) is 10.4. The number of hydrogen-bond acceptors (Lipinski definition) is 2. The molecule has 1 saturated heterocycles. The molecule has 88 valence electrons. The van der Waals surface area contributed by atoms with E-state index in [1.807, 2.05) is 6.92 Å². The predicted octanol–water partition coefficient (Wildman–Crippen LogP) is 3.21. The third-order valence-corrected chi connectivity index (χ3v) is 3.74. The molecule has 0 saturated carbocycles. The quantitative estimate of drug-likeness (QED) is 0.807. The maximum absolute atomic E-state index is 4.54. The molecular formula is C15H18N2. The Bertz CT molecular complexity index is 548. The largest absolute Gasteiger partial charge is 0.310 e. The average molecular weight is 226 g/mol. The van der Waals surface area contributed by atoms with Crippen LogP contribution in [0.3, 0.4) is 0 Å². The molecule has 2 unspecified atom stereocenters. The summed E-state index contributed by atoms with van der Waals surface area (Å²) in [5, 5.41) is 4.82. The van der Waals surface area contributed by atoms with Gasteiger partial charge in [-0.1, -0.05) is 19.1 Å². The van der Waals surface area contributed by atoms with Gasteiger partial charge in [0.2, 0.25) is 0 Å². The molecule has 2 atom stereocenters. The molecule has 1 fully saturated rings. The second kappa shape index (κ2) is 4.11. The summed E-state index contributed by atoms with van der Waals surface area (Å²) in [5.41, 5.74) is 3.57. The standard InChI is InChI=1S/C15H18N2/c1-10-7-8-16-15(10)13-5-6-14-12(9-13)4-3-11(2)17-14/h3-6,9-10,15-16H,7-8H2,1-2H3. The van der Waals surface area contributed by atoms with Crippen molar-refractivity contribution in [2.75, 3.05) is 6.54 Å². The highest BCUT2D eigenvalue weighted by atomic mass is 14.9. The molecule has 0 radical (unpaired) electrons. The molecule has 2 aromatic rings. The first-order chi connectivity index (χ1) is 8.24. The number of pyridine rings is 1. The van der Waals surface area contributed by atoms with Crippen LogP contribution in [0.15, 0.2) is 30.3 Å². The van der Waals surface area contributed by atoms with Crippen LogP contribution in [0.5, 0.6) is 0 Å². The molecule has 0 aliphatic carbocycles. The molecule has 1 N–H and O–H groups in total. The first kappa shape index (κ1) is 10.7. The molecule has 1 aliphatic heterocycles. The summed E-state index contributed by atoms with van der Waals surface area (Å²) in [6.07, 6.45) is 1.27. The molecule has 1 aliphatic rings. The summed E-state index contributed by atoms with van der Waals surface area (Å²) in [5.74, 6) is 0.728. The number of fused-ring (bicyclic) bond motifs is 1. The van der Waals surface area contributed by atoms with Gasteiger partial charge >= 0.3 is 0 Å². The Morgan fingerprint density at radius 2 is 2.12 bits per heavy atom. The van der Waals surface area contributed by atoms with Gasteiger partial charge < -0.3 is 5.32 Å². The van der Waals surface area contributed by atoms with Gasteiger partial charge in [-0.3, -0.25) is 4.98 Å². The van der Waals surface area contributed by atoms with Crippen LogP contribution in [0, 0.1) is 12.8 Å². The minimum Gasteiger partial charge on any atom is -0.310 e. The second-order valence-electron chi connectivity index (χ2n) is 5.10. The fourth-order valence-corrected chi connectivity index (χ4v) is 2.72. The lowest BCUT2D eigenvalue weighted by Gasteiger charge is -2.16. The van der Waals surface area contributed by atoms with E-state index in [9.17, 15) is 0 Å². The minimum absolute atomic E-state index is 0.515. The van der Waals surface area contributed by atoms with Gasteiger partial charge in [-0.2, -0.15) is 0 Å². The Morgan fingerprint density at radius 3 is 2.88 bits per heavy atom. The Kier molecular flexibility index (Phi) is 2.60. The molecule has 0 bridgehead atoms. The number of nitrogens with zero attached hydrogens (tertiary/aromatic N) is 1. The van der Waals surface area contributed by atoms with Crippen LogP contribution in [0.2, 0.25) is 0 Å². The summed E-state index contributed by atoms with van der Waals surface area (Å²) in [4.78, 5) is 4.54. The van der Waals surface area contributed by atoms with Gasteiger partial charge in [0.15, 0.2) is 0 Å². The van der Waals surface area contributed by atoms with Crippen molar-refractivity contribution in [3.05, 3.63) is 41.6 Å². The van der Waals surface area contributed by atoms with E-state index in [2.05, 4.69) is 47.6 Å². The van der Waals surface area contributed by atoms with E-state index in [1.165, 1.54) is 17.4 Å². The Labute approximate surface area is 102 Å². The fourth-order valence-electron chi connectivity index (χ4n) is 2.72. The topological polar surface area (TPSA) is 24.9 Å². The fraction of sp³-hybridized carbons (Fsp3) is 0.400. The van der Waals surface area contributed by atoms with Crippen molar-refractivity contribution < 1.29 is 0 Å². The first-order valence-corrected chi connectivity index (χ1v) is 6.35. The van der Waals surface area contributed by atoms with Gasteiger partial charge in [-0.25, -0.2) is 0 Å². The van der Waals surface area contributed by atoms with Crippen LogP contribution in [-0.4, -0.2) is 11.5 Å². The molecule has 0 amide bonds. The molecular weight excluding hydrogens is 208 g/mol. The summed E-state index contributed by atoms with van der Waals surface area (Å²) >= 11 is 0. The minimum atomic E-state index is 0.515. The lowest BCUT2D eigenvalue weighted by Crippen LogP contribution is -2.16. The number of aromatic nitrogens is 1. The molecule has 1 aromatic heterocycles. The lowest BCUT2D eigenvalue weighted by molar-refractivity contribution is 0.504. The van der Waals surface area contributed by atoms with Crippen molar-refractivity contribution >= 4 is 10.9 Å². The van der Waals surface area contributed by atoms with Crippen LogP contribution >= 0.6 is 0 Å². The third-order valence-electron chi connectivity index (χ3n) is 3.74. The van der Waals surface area contributed by atoms with Crippen LogP contribution in [0.1, 0.15) is 30.6 Å². The van der Waals surface area contributed by atoms with Crippen molar-refractivity contribution in [1.29, 1.82) is 0 Å². The zero-order valence-corrected chi connectivity index (χ0v) is 10.4. The van der Waals surface area contributed by atoms with Gasteiger partial charge in [0.05, 0.1) is 5.52 Å². The first-order valence-electron chi connectivity index (χ1n) is 6.35. The molecule has 0 spiro atoms. The average Bonchev–Trinajstić information content (AvgIpc) is 2.75. The molecule has 2 heterocycles. The summed E-state index contributed by atoms with van der Waals surface area (Å²) < 4.78 is 0. The van der Waals surface area contributed by atoms with Crippen LogP contribution < -0.4 is 5.32 Å². The van der Waals surface area contributed by atoms with Gasteiger partial charge in [-0.05, 0) is 49.6 Å². The number of rotatable bonds is 1. The highest BCUT2D eigenvalue weighted by molar-refractivity contribution is 5.79. The van der Waals surface area contributed by atoms with E-state index in [4.69, 9.17) is 0 Å². The van der Waals surface area contributed by atoms with Gasteiger partial charge in [0, 0.05) is 17.1 Å². The molecule has 1 aromatic carbocycles. The van der Waals surface area contributed by atoms with Gasteiger partial charge in [0.1, 0.15) is 0 Å². The normalized spacial score (nSPS) is 24.4. The van der Waals surface area contributed by atoms with E-state index in [1.54, 1.807) is 0 Å². The Morgan fingerprint density at radius 1 is 1.24 bits per heavy atom. The number of hydrogen-bond donors (Lipinski definition) is 1. The van der Waals surface area contributed by atoms with Crippen LogP contribution in [0.4, 0.5) is 0 Å². The van der Waals surface area contributed by atoms with Crippen molar-refractivity contribution in [2.24, 2.45) is 5.92 Å². The predicted molar refractivity (Wildman–Crippen MR) is 71.0 cm³/mol. The van der Waals surface area contributed by atoms with Gasteiger partial charge in [0.25, 0.3) is 0 Å². The molecule has 3 rings (SSSR count). The van der Waals surface area contributed by atoms with Gasteiger partial charge in [-0.15, -0.1) is 0 Å². The smallest absolute Gasteiger partial charge is 0.0705 e. The molecule has 17 heavy (non-hydrogen) atoms. The highest BCUT2D eigenvalue weighted by Gasteiger charge is 2.24. The van der Waals surface area contributed by atoms with Crippen molar-refractivity contribution in [2.45, 2.75) is 26.3 Å². The van der Waals surface area contributed by atoms with Crippen molar-refractivity contribution in [3.8, 4) is 0 Å². The molecule has 2 nitrogen and oxygen atoms in total. The van der Waals surface area contributed by atoms with E-state index in [0.717, 1.165) is 23.7 Å². The lowest BCUT2D eigenvalue weighted by atomic mass is 9.95. The van der Waals surface area contributed by atoms with E-state index >= 15 is 0 Å². The summed E-state index contributed by atoms with van der Waals surface area (Å²) in [6, 6.07) is 11.4. The SMILES string of the molecule is Cc1ccc2cc(C3NCCC3C)ccc2n1. The van der Waals surface area contributed by atoms with E-state index < -0.39 is 0 Å². The second-order valence-corrected chi connectivity index (χ2v) is 5.10. The number of aryl methyl sites for hydroxylation is 1.